The molecule has 15 heavy (non-hydrogen) atoms. The Morgan fingerprint density at radius 3 is 3.07 bits per heavy atom. The third kappa shape index (κ3) is 1.92. The van der Waals surface area contributed by atoms with Crippen LogP contribution >= 0.6 is 0 Å². The number of nitrogens with one attached hydrogen (secondary N) is 2. The van der Waals surface area contributed by atoms with Gasteiger partial charge < -0.3 is 15.0 Å². The molecule has 0 aliphatic rings. The van der Waals surface area contributed by atoms with Crippen molar-refractivity contribution in [3.63, 3.8) is 0 Å². The van der Waals surface area contributed by atoms with Crippen LogP contribution in [0.25, 0.3) is 11.0 Å². The van der Waals surface area contributed by atoms with Crippen molar-refractivity contribution in [2.24, 2.45) is 0 Å². The van der Waals surface area contributed by atoms with Crippen molar-refractivity contribution in [1.82, 2.24) is 15.0 Å². The van der Waals surface area contributed by atoms with Crippen LogP contribution in [-0.4, -0.2) is 28.6 Å². The smallest absolute Gasteiger partial charge is 0.158 e. The topological polar surface area (TPSA) is 62.8 Å². The van der Waals surface area contributed by atoms with Crippen molar-refractivity contribution in [1.29, 1.82) is 0 Å². The Labute approximate surface area is 87.9 Å². The summed E-state index contributed by atoms with van der Waals surface area (Å²) in [4.78, 5) is 11.8. The highest BCUT2D eigenvalue weighted by atomic mass is 16.5. The Hall–Kier alpha value is -1.62. The Balaban J connectivity index is 2.48. The molecule has 0 aliphatic carbocycles. The lowest BCUT2D eigenvalue weighted by Gasteiger charge is -2.06. The van der Waals surface area contributed by atoms with Crippen molar-refractivity contribution in [3.8, 4) is 0 Å². The molecular formula is C10H14N4O. The number of H-pyrrole nitrogens is 1. The normalized spacial score (nSPS) is 10.8. The largest absolute Gasteiger partial charge is 0.377 e. The van der Waals surface area contributed by atoms with Gasteiger partial charge in [-0.15, -0.1) is 0 Å². The number of rotatable bonds is 4. The molecular weight excluding hydrogens is 192 g/mol. The molecule has 2 N–H and O–H groups in total. The van der Waals surface area contributed by atoms with Gasteiger partial charge in [0.25, 0.3) is 0 Å². The van der Waals surface area contributed by atoms with E-state index in [1.165, 1.54) is 0 Å². The molecule has 0 aromatic carbocycles. The van der Waals surface area contributed by atoms with Gasteiger partial charge in [-0.2, -0.15) is 0 Å². The van der Waals surface area contributed by atoms with Crippen molar-refractivity contribution in [2.45, 2.75) is 13.5 Å². The van der Waals surface area contributed by atoms with Crippen molar-refractivity contribution >= 4 is 16.9 Å². The average molecular weight is 206 g/mol. The van der Waals surface area contributed by atoms with Gasteiger partial charge in [0, 0.05) is 19.9 Å². The molecule has 5 nitrogen and oxygen atoms in total. The molecule has 0 aliphatic heterocycles. The molecule has 0 saturated heterocycles. The van der Waals surface area contributed by atoms with Gasteiger partial charge in [0.15, 0.2) is 5.82 Å². The second-order valence-corrected chi connectivity index (χ2v) is 3.19. The van der Waals surface area contributed by atoms with Crippen molar-refractivity contribution in [3.05, 3.63) is 18.1 Å². The number of fused-ring (bicyclic) bond motifs is 1. The molecule has 0 spiro atoms. The number of hydrogen-bond donors (Lipinski definition) is 2. The molecule has 2 aromatic rings. The number of ether oxygens (including phenoxy) is 1. The fourth-order valence-corrected chi connectivity index (χ4v) is 1.48. The molecule has 2 aromatic heterocycles. The van der Waals surface area contributed by atoms with E-state index in [9.17, 15) is 0 Å². The number of aromatic amines is 1. The predicted octanol–water partition coefficient (Wildman–Crippen LogP) is 1.54. The highest BCUT2D eigenvalue weighted by molar-refractivity contribution is 5.86. The van der Waals surface area contributed by atoms with Crippen LogP contribution in [0.5, 0.6) is 0 Å². The first-order valence-electron chi connectivity index (χ1n) is 4.92. The second kappa shape index (κ2) is 4.27. The number of aromatic nitrogens is 3. The van der Waals surface area contributed by atoms with Crippen LogP contribution in [0.3, 0.4) is 0 Å². The van der Waals surface area contributed by atoms with Gasteiger partial charge in [-0.1, -0.05) is 0 Å². The first-order valence-corrected chi connectivity index (χ1v) is 4.92. The summed E-state index contributed by atoms with van der Waals surface area (Å²) >= 11 is 0. The van der Waals surface area contributed by atoms with Crippen LogP contribution in [-0.2, 0) is 11.3 Å². The van der Waals surface area contributed by atoms with Crippen LogP contribution in [0.15, 0.2) is 12.3 Å². The summed E-state index contributed by atoms with van der Waals surface area (Å²) < 4.78 is 5.02. The minimum atomic E-state index is 0.424. The summed E-state index contributed by atoms with van der Waals surface area (Å²) in [5.41, 5.74) is 0.841. The molecule has 80 valence electrons. The lowest BCUT2D eigenvalue weighted by atomic mass is 10.3. The SMILES string of the molecule is CCNc1nc(COC)nc2[nH]ccc12. The number of hydrogen-bond acceptors (Lipinski definition) is 4. The standard InChI is InChI=1S/C10H14N4O/c1-3-11-9-7-4-5-12-10(7)14-8(13-9)6-15-2/h4-5H,3,6H2,1-2H3,(H2,11,12,13,14). The summed E-state index contributed by atoms with van der Waals surface area (Å²) in [7, 11) is 1.63. The van der Waals surface area contributed by atoms with Gasteiger partial charge in [0.1, 0.15) is 18.1 Å². The lowest BCUT2D eigenvalue weighted by molar-refractivity contribution is 0.178. The summed E-state index contributed by atoms with van der Waals surface area (Å²) in [6.07, 6.45) is 1.86. The van der Waals surface area contributed by atoms with E-state index in [4.69, 9.17) is 4.74 Å². The fourth-order valence-electron chi connectivity index (χ4n) is 1.48. The third-order valence-corrected chi connectivity index (χ3v) is 2.08. The minimum absolute atomic E-state index is 0.424. The van der Waals surface area contributed by atoms with Crippen LogP contribution in [0, 0.1) is 0 Å². The van der Waals surface area contributed by atoms with E-state index in [0.29, 0.717) is 12.4 Å². The molecule has 2 heterocycles. The van der Waals surface area contributed by atoms with Gasteiger partial charge in [0.2, 0.25) is 0 Å². The summed E-state index contributed by atoms with van der Waals surface area (Å²) in [6.45, 7) is 3.30. The Morgan fingerprint density at radius 2 is 2.33 bits per heavy atom. The number of methoxy groups -OCH3 is 1. The summed E-state index contributed by atoms with van der Waals surface area (Å²) in [6, 6.07) is 1.96. The van der Waals surface area contributed by atoms with Crippen LogP contribution in [0.1, 0.15) is 12.7 Å². The zero-order chi connectivity index (χ0) is 10.7. The quantitative estimate of drug-likeness (QED) is 0.796. The first kappa shape index (κ1) is 9.92. The molecule has 0 radical (unpaired) electrons. The van der Waals surface area contributed by atoms with E-state index < -0.39 is 0 Å². The van der Waals surface area contributed by atoms with Gasteiger partial charge in [-0.25, -0.2) is 9.97 Å². The molecule has 0 bridgehead atoms. The molecule has 0 unspecified atom stereocenters. The van der Waals surface area contributed by atoms with E-state index in [0.717, 1.165) is 23.4 Å². The van der Waals surface area contributed by atoms with Gasteiger partial charge in [-0.05, 0) is 13.0 Å². The zero-order valence-corrected chi connectivity index (χ0v) is 8.87. The van der Waals surface area contributed by atoms with Crippen LogP contribution in [0.4, 0.5) is 5.82 Å². The number of nitrogens with zero attached hydrogens (tertiary/aromatic N) is 2. The predicted molar refractivity (Wildman–Crippen MR) is 58.8 cm³/mol. The maximum atomic E-state index is 5.02. The van der Waals surface area contributed by atoms with E-state index >= 15 is 0 Å². The fraction of sp³-hybridized carbons (Fsp3) is 0.400. The highest BCUT2D eigenvalue weighted by Gasteiger charge is 2.07. The lowest BCUT2D eigenvalue weighted by Crippen LogP contribution is -2.04. The first-order chi connectivity index (χ1) is 7.35. The van der Waals surface area contributed by atoms with Crippen molar-refractivity contribution in [2.75, 3.05) is 19.0 Å². The molecule has 2 rings (SSSR count). The van der Waals surface area contributed by atoms with Crippen LogP contribution < -0.4 is 5.32 Å². The zero-order valence-electron chi connectivity index (χ0n) is 8.87. The molecule has 0 fully saturated rings. The minimum Gasteiger partial charge on any atom is -0.377 e. The Morgan fingerprint density at radius 1 is 1.47 bits per heavy atom. The monoisotopic (exact) mass is 206 g/mol. The molecule has 0 atom stereocenters. The number of anilines is 1. The highest BCUT2D eigenvalue weighted by Crippen LogP contribution is 2.18. The molecule has 0 saturated carbocycles. The van der Waals surface area contributed by atoms with E-state index in [1.807, 2.05) is 19.2 Å². The summed E-state index contributed by atoms with van der Waals surface area (Å²) in [5.74, 6) is 1.54. The van der Waals surface area contributed by atoms with Crippen LogP contribution in [0.2, 0.25) is 0 Å². The summed E-state index contributed by atoms with van der Waals surface area (Å²) in [5, 5.41) is 4.22. The van der Waals surface area contributed by atoms with Gasteiger partial charge >= 0.3 is 0 Å². The van der Waals surface area contributed by atoms with E-state index in [1.54, 1.807) is 7.11 Å². The van der Waals surface area contributed by atoms with Gasteiger partial charge in [0.05, 0.1) is 5.39 Å². The van der Waals surface area contributed by atoms with E-state index in [2.05, 4.69) is 20.3 Å². The van der Waals surface area contributed by atoms with E-state index in [-0.39, 0.29) is 0 Å². The Kier molecular flexibility index (Phi) is 2.82. The second-order valence-electron chi connectivity index (χ2n) is 3.19. The maximum absolute atomic E-state index is 5.02. The molecule has 0 amide bonds. The maximum Gasteiger partial charge on any atom is 0.158 e. The average Bonchev–Trinajstić information content (AvgIpc) is 2.67. The molecule has 5 heteroatoms. The van der Waals surface area contributed by atoms with Gasteiger partial charge in [-0.3, -0.25) is 0 Å². The Bertz CT molecular complexity index is 452. The third-order valence-electron chi connectivity index (χ3n) is 2.08. The van der Waals surface area contributed by atoms with Crippen molar-refractivity contribution < 1.29 is 4.74 Å².